The van der Waals surface area contributed by atoms with Crippen molar-refractivity contribution >= 4 is 27.5 Å². The molecule has 1 aromatic heterocycles. The fourth-order valence-electron chi connectivity index (χ4n) is 3.66. The predicted octanol–water partition coefficient (Wildman–Crippen LogP) is 2.74. The van der Waals surface area contributed by atoms with Crippen LogP contribution < -0.4 is 14.8 Å². The maximum absolute atomic E-state index is 12.8. The van der Waals surface area contributed by atoms with Gasteiger partial charge in [-0.05, 0) is 49.6 Å². The molecule has 4 rings (SSSR count). The Morgan fingerprint density at radius 3 is 2.70 bits per heavy atom. The zero-order valence-electron chi connectivity index (χ0n) is 16.4. The maximum Gasteiger partial charge on any atom is 0.246 e. The van der Waals surface area contributed by atoms with Gasteiger partial charge in [-0.3, -0.25) is 4.79 Å². The Morgan fingerprint density at radius 1 is 1.23 bits per heavy atom. The Kier molecular flexibility index (Phi) is 5.86. The Morgan fingerprint density at radius 2 is 1.97 bits per heavy atom. The van der Waals surface area contributed by atoms with Gasteiger partial charge in [-0.1, -0.05) is 17.7 Å². The molecule has 2 aliphatic rings. The summed E-state index contributed by atoms with van der Waals surface area (Å²) in [5, 5.41) is 2.97. The normalized spacial score (nSPS) is 18.2. The highest BCUT2D eigenvalue weighted by Crippen LogP contribution is 2.34. The van der Waals surface area contributed by atoms with Crippen LogP contribution in [0.4, 0.5) is 0 Å². The molecule has 1 saturated heterocycles. The minimum atomic E-state index is -3.73. The molecule has 8 nitrogen and oxygen atoms in total. The number of amides is 1. The third-order valence-corrected chi connectivity index (χ3v) is 7.77. The van der Waals surface area contributed by atoms with Gasteiger partial charge < -0.3 is 14.8 Å². The van der Waals surface area contributed by atoms with E-state index in [9.17, 15) is 13.2 Å². The number of hydrogen-bond donors (Lipinski definition) is 1. The second-order valence-electron chi connectivity index (χ2n) is 7.31. The molecule has 0 saturated carbocycles. The van der Waals surface area contributed by atoms with Crippen LogP contribution in [0.1, 0.15) is 31.4 Å². The molecular formula is C20H22ClN3O5S. The number of halogens is 1. The van der Waals surface area contributed by atoms with Gasteiger partial charge in [0.15, 0.2) is 11.5 Å². The van der Waals surface area contributed by atoms with Crippen LogP contribution in [0.25, 0.3) is 0 Å². The molecule has 0 aliphatic carbocycles. The van der Waals surface area contributed by atoms with Crippen LogP contribution in [0.3, 0.4) is 0 Å². The fourth-order valence-corrected chi connectivity index (χ4v) is 5.56. The SMILES string of the molecule is CC(NC(=O)C1CCN(S(=O)(=O)c2cccnc2Cl)CC1)c1ccc2c(c1)OCO2. The van der Waals surface area contributed by atoms with E-state index >= 15 is 0 Å². The lowest BCUT2D eigenvalue weighted by Crippen LogP contribution is -2.43. The number of hydrogen-bond acceptors (Lipinski definition) is 6. The molecule has 1 aromatic carbocycles. The monoisotopic (exact) mass is 451 g/mol. The number of ether oxygens (including phenoxy) is 2. The van der Waals surface area contributed by atoms with Gasteiger partial charge >= 0.3 is 0 Å². The van der Waals surface area contributed by atoms with Crippen molar-refractivity contribution < 1.29 is 22.7 Å². The van der Waals surface area contributed by atoms with E-state index in [1.807, 2.05) is 25.1 Å². The molecule has 3 heterocycles. The first-order chi connectivity index (χ1) is 14.4. The van der Waals surface area contributed by atoms with Crippen LogP contribution in [-0.2, 0) is 14.8 Å². The summed E-state index contributed by atoms with van der Waals surface area (Å²) in [6, 6.07) is 8.36. The number of nitrogens with zero attached hydrogens (tertiary/aromatic N) is 2. The Labute approximate surface area is 180 Å². The summed E-state index contributed by atoms with van der Waals surface area (Å²) in [6.07, 6.45) is 2.33. The average molecular weight is 452 g/mol. The van der Waals surface area contributed by atoms with E-state index in [1.54, 1.807) is 0 Å². The first-order valence-electron chi connectivity index (χ1n) is 9.67. The molecule has 30 heavy (non-hydrogen) atoms. The number of carbonyl (C=O) groups is 1. The van der Waals surface area contributed by atoms with E-state index in [1.165, 1.54) is 22.6 Å². The van der Waals surface area contributed by atoms with Crippen molar-refractivity contribution in [1.29, 1.82) is 0 Å². The van der Waals surface area contributed by atoms with E-state index in [-0.39, 0.29) is 47.8 Å². The molecule has 1 N–H and O–H groups in total. The summed E-state index contributed by atoms with van der Waals surface area (Å²) in [5.74, 6) is 1.02. The van der Waals surface area contributed by atoms with Gasteiger partial charge in [0.05, 0.1) is 6.04 Å². The summed E-state index contributed by atoms with van der Waals surface area (Å²) in [7, 11) is -3.73. The van der Waals surface area contributed by atoms with Crippen LogP contribution in [0.5, 0.6) is 11.5 Å². The molecule has 160 valence electrons. The molecule has 10 heteroatoms. The fraction of sp³-hybridized carbons (Fsp3) is 0.400. The van der Waals surface area contributed by atoms with E-state index < -0.39 is 10.0 Å². The lowest BCUT2D eigenvalue weighted by molar-refractivity contribution is -0.126. The zero-order chi connectivity index (χ0) is 21.3. The van der Waals surface area contributed by atoms with Crippen molar-refractivity contribution in [2.75, 3.05) is 19.9 Å². The van der Waals surface area contributed by atoms with E-state index in [0.717, 1.165) is 5.56 Å². The lowest BCUT2D eigenvalue weighted by atomic mass is 9.96. The van der Waals surface area contributed by atoms with Gasteiger partial charge in [0.25, 0.3) is 0 Å². The first-order valence-corrected chi connectivity index (χ1v) is 11.5. The average Bonchev–Trinajstić information content (AvgIpc) is 3.22. The maximum atomic E-state index is 12.8. The van der Waals surface area contributed by atoms with Crippen molar-refractivity contribution in [3.63, 3.8) is 0 Å². The van der Waals surface area contributed by atoms with Crippen LogP contribution in [0.15, 0.2) is 41.4 Å². The van der Waals surface area contributed by atoms with Gasteiger partial charge in [-0.2, -0.15) is 4.31 Å². The third kappa shape index (κ3) is 4.10. The summed E-state index contributed by atoms with van der Waals surface area (Å²) in [6.45, 7) is 2.61. The molecule has 0 spiro atoms. The van der Waals surface area contributed by atoms with Gasteiger partial charge in [0.2, 0.25) is 22.7 Å². The van der Waals surface area contributed by atoms with Crippen LogP contribution in [0, 0.1) is 5.92 Å². The van der Waals surface area contributed by atoms with Gasteiger partial charge in [-0.25, -0.2) is 13.4 Å². The Bertz CT molecular complexity index is 1050. The van der Waals surface area contributed by atoms with E-state index in [2.05, 4.69) is 10.3 Å². The standard InChI is InChI=1S/C20H22ClN3O5S/c1-13(15-4-5-16-17(11-15)29-12-28-16)23-20(25)14-6-9-24(10-7-14)30(26,27)18-3-2-8-22-19(18)21/h2-5,8,11,13-14H,6-7,9-10,12H2,1H3,(H,23,25). The highest BCUT2D eigenvalue weighted by molar-refractivity contribution is 7.89. The summed E-state index contributed by atoms with van der Waals surface area (Å²) >= 11 is 5.96. The van der Waals surface area contributed by atoms with Gasteiger partial charge in [0, 0.05) is 25.2 Å². The quantitative estimate of drug-likeness (QED) is 0.702. The van der Waals surface area contributed by atoms with E-state index in [0.29, 0.717) is 24.3 Å². The highest BCUT2D eigenvalue weighted by Gasteiger charge is 2.33. The number of rotatable bonds is 5. The van der Waals surface area contributed by atoms with Crippen LogP contribution >= 0.6 is 11.6 Å². The topological polar surface area (TPSA) is 97.8 Å². The largest absolute Gasteiger partial charge is 0.454 e. The lowest BCUT2D eigenvalue weighted by Gasteiger charge is -2.31. The third-order valence-electron chi connectivity index (χ3n) is 5.42. The second-order valence-corrected chi connectivity index (χ2v) is 9.58. The number of carbonyl (C=O) groups excluding carboxylic acids is 1. The van der Waals surface area contributed by atoms with Gasteiger partial charge in [-0.15, -0.1) is 0 Å². The summed E-state index contributed by atoms with van der Waals surface area (Å²) in [4.78, 5) is 16.6. The van der Waals surface area contributed by atoms with Crippen molar-refractivity contribution in [2.24, 2.45) is 5.92 Å². The number of aromatic nitrogens is 1. The Hall–Kier alpha value is -2.36. The molecule has 1 amide bonds. The van der Waals surface area contributed by atoms with Crippen LogP contribution in [-0.4, -0.2) is 43.5 Å². The van der Waals surface area contributed by atoms with Crippen molar-refractivity contribution in [3.05, 3.63) is 47.2 Å². The molecule has 0 radical (unpaired) electrons. The van der Waals surface area contributed by atoms with Crippen molar-refractivity contribution in [1.82, 2.24) is 14.6 Å². The molecule has 0 bridgehead atoms. The molecular weight excluding hydrogens is 430 g/mol. The first kappa shape index (κ1) is 20.9. The molecule has 2 aromatic rings. The van der Waals surface area contributed by atoms with Crippen molar-refractivity contribution in [2.45, 2.75) is 30.7 Å². The number of nitrogens with one attached hydrogen (secondary N) is 1. The molecule has 1 unspecified atom stereocenters. The minimum absolute atomic E-state index is 0.00833. The molecule has 1 fully saturated rings. The number of fused-ring (bicyclic) bond motifs is 1. The zero-order valence-corrected chi connectivity index (χ0v) is 17.9. The highest BCUT2D eigenvalue weighted by atomic mass is 35.5. The number of benzene rings is 1. The second kappa shape index (κ2) is 8.41. The molecule has 2 aliphatic heterocycles. The number of sulfonamides is 1. The predicted molar refractivity (Wildman–Crippen MR) is 110 cm³/mol. The Balaban J connectivity index is 1.36. The number of piperidine rings is 1. The van der Waals surface area contributed by atoms with Crippen LogP contribution in [0.2, 0.25) is 5.15 Å². The minimum Gasteiger partial charge on any atom is -0.454 e. The summed E-state index contributed by atoms with van der Waals surface area (Å²) < 4.78 is 37.7. The van der Waals surface area contributed by atoms with Gasteiger partial charge in [0.1, 0.15) is 10.0 Å². The van der Waals surface area contributed by atoms with E-state index in [4.69, 9.17) is 21.1 Å². The number of pyridine rings is 1. The summed E-state index contributed by atoms with van der Waals surface area (Å²) in [5.41, 5.74) is 0.916. The van der Waals surface area contributed by atoms with Crippen molar-refractivity contribution in [3.8, 4) is 11.5 Å². The smallest absolute Gasteiger partial charge is 0.246 e. The molecule has 1 atom stereocenters.